The van der Waals surface area contributed by atoms with Crippen molar-refractivity contribution in [3.8, 4) is 5.75 Å². The molecule has 7 heteroatoms. The zero-order valence-corrected chi connectivity index (χ0v) is 15.5. The van der Waals surface area contributed by atoms with Crippen LogP contribution in [0.4, 0.5) is 17.1 Å². The number of benzene rings is 2. The van der Waals surface area contributed by atoms with Crippen LogP contribution in [-0.2, 0) is 5.41 Å². The van der Waals surface area contributed by atoms with E-state index in [0.717, 1.165) is 11.1 Å². The Hall–Kier alpha value is -2.28. The molecule has 0 saturated carbocycles. The Morgan fingerprint density at radius 3 is 2.33 bits per heavy atom. The maximum atomic E-state index is 10.9. The van der Waals surface area contributed by atoms with Crippen molar-refractivity contribution in [1.29, 1.82) is 0 Å². The van der Waals surface area contributed by atoms with Gasteiger partial charge in [-0.1, -0.05) is 26.8 Å². The summed E-state index contributed by atoms with van der Waals surface area (Å²) >= 11 is 3.32. The van der Waals surface area contributed by atoms with E-state index in [-0.39, 0.29) is 16.9 Å². The fourth-order valence-corrected chi connectivity index (χ4v) is 2.47. The molecule has 0 bridgehead atoms. The van der Waals surface area contributed by atoms with Gasteiger partial charge in [0, 0.05) is 12.1 Å². The summed E-state index contributed by atoms with van der Waals surface area (Å²) in [6.45, 7) is 7.95. The number of hydrogen-bond donors (Lipinski definition) is 1. The van der Waals surface area contributed by atoms with Crippen molar-refractivity contribution >= 4 is 33.0 Å². The summed E-state index contributed by atoms with van der Waals surface area (Å²) in [5.41, 5.74) is 2.26. The van der Waals surface area contributed by atoms with Crippen LogP contribution in [0.1, 0.15) is 31.9 Å². The molecule has 0 spiro atoms. The molecule has 0 fully saturated rings. The normalized spacial score (nSPS) is 11.9. The van der Waals surface area contributed by atoms with E-state index in [4.69, 9.17) is 0 Å². The Bertz CT molecular complexity index is 827. The van der Waals surface area contributed by atoms with Crippen molar-refractivity contribution in [2.75, 3.05) is 0 Å². The number of aryl methyl sites for hydroxylation is 1. The molecule has 126 valence electrons. The molecule has 0 heterocycles. The van der Waals surface area contributed by atoms with Gasteiger partial charge in [0.1, 0.15) is 5.69 Å². The number of nitro groups is 1. The third kappa shape index (κ3) is 3.97. The van der Waals surface area contributed by atoms with Gasteiger partial charge in [0.15, 0.2) is 5.75 Å². The molecule has 0 aromatic heterocycles. The molecule has 24 heavy (non-hydrogen) atoms. The number of phenolic OH excluding ortho intramolecular Hbond substituents is 1. The average Bonchev–Trinajstić information content (AvgIpc) is 2.48. The first-order valence-corrected chi connectivity index (χ1v) is 8.08. The smallest absolute Gasteiger partial charge is 0.271 e. The minimum atomic E-state index is -0.479. The highest BCUT2D eigenvalue weighted by Crippen LogP contribution is 2.40. The quantitative estimate of drug-likeness (QED) is 0.390. The summed E-state index contributed by atoms with van der Waals surface area (Å²) in [6.07, 6.45) is 0. The van der Waals surface area contributed by atoms with Crippen molar-refractivity contribution in [2.24, 2.45) is 10.2 Å². The van der Waals surface area contributed by atoms with Gasteiger partial charge in [0.2, 0.25) is 0 Å². The standard InChI is InChI=1S/C17H18BrN3O3/c1-10-5-6-12(21(23)24)9-14(10)19-20-15-8-11(17(2,3)4)7-13(18)16(15)22/h5-9,22H,1-4H3. The van der Waals surface area contributed by atoms with Crippen molar-refractivity contribution in [2.45, 2.75) is 33.1 Å². The van der Waals surface area contributed by atoms with Crippen LogP contribution in [0.5, 0.6) is 5.75 Å². The summed E-state index contributed by atoms with van der Waals surface area (Å²) in [5.74, 6) is -0.0187. The van der Waals surface area contributed by atoms with Gasteiger partial charge in [-0.15, -0.1) is 10.2 Å². The first-order chi connectivity index (χ1) is 11.1. The number of phenols is 1. The Kier molecular flexibility index (Phi) is 5.03. The predicted molar refractivity (Wildman–Crippen MR) is 96.5 cm³/mol. The zero-order valence-electron chi connectivity index (χ0n) is 13.9. The fraction of sp³-hybridized carbons (Fsp3) is 0.294. The molecule has 0 aliphatic rings. The van der Waals surface area contributed by atoms with E-state index in [1.165, 1.54) is 12.1 Å². The minimum Gasteiger partial charge on any atom is -0.505 e. The second kappa shape index (κ2) is 6.68. The summed E-state index contributed by atoms with van der Waals surface area (Å²) in [4.78, 5) is 10.4. The highest BCUT2D eigenvalue weighted by atomic mass is 79.9. The molecule has 0 amide bonds. The Labute approximate surface area is 148 Å². The highest BCUT2D eigenvalue weighted by Gasteiger charge is 2.18. The maximum Gasteiger partial charge on any atom is 0.271 e. The first kappa shape index (κ1) is 18.1. The van der Waals surface area contributed by atoms with Crippen LogP contribution >= 0.6 is 15.9 Å². The lowest BCUT2D eigenvalue weighted by Crippen LogP contribution is -2.10. The van der Waals surface area contributed by atoms with Crippen molar-refractivity contribution < 1.29 is 10.0 Å². The number of rotatable bonds is 3. The van der Waals surface area contributed by atoms with Gasteiger partial charge >= 0.3 is 0 Å². The molecule has 1 N–H and O–H groups in total. The van der Waals surface area contributed by atoms with Gasteiger partial charge in [0.25, 0.3) is 5.69 Å². The van der Waals surface area contributed by atoms with Crippen LogP contribution < -0.4 is 0 Å². The van der Waals surface area contributed by atoms with E-state index in [0.29, 0.717) is 15.8 Å². The molecular formula is C17H18BrN3O3. The number of aromatic hydroxyl groups is 1. The first-order valence-electron chi connectivity index (χ1n) is 7.29. The molecular weight excluding hydrogens is 374 g/mol. The second-order valence-corrected chi connectivity index (χ2v) is 7.36. The predicted octanol–water partition coefficient (Wildman–Crippen LogP) is 6.08. The minimum absolute atomic E-state index is 0.0187. The summed E-state index contributed by atoms with van der Waals surface area (Å²) in [6, 6.07) is 8.00. The highest BCUT2D eigenvalue weighted by molar-refractivity contribution is 9.10. The van der Waals surface area contributed by atoms with Gasteiger partial charge in [-0.2, -0.15) is 0 Å². The number of azo groups is 1. The van der Waals surface area contributed by atoms with Crippen LogP contribution in [-0.4, -0.2) is 10.0 Å². The fourth-order valence-electron chi connectivity index (χ4n) is 2.02. The molecule has 2 rings (SSSR count). The second-order valence-electron chi connectivity index (χ2n) is 6.50. The third-order valence-corrected chi connectivity index (χ3v) is 4.18. The van der Waals surface area contributed by atoms with Crippen molar-refractivity contribution in [3.05, 3.63) is 56.0 Å². The zero-order chi connectivity index (χ0) is 18.1. The van der Waals surface area contributed by atoms with Crippen LogP contribution in [0.3, 0.4) is 0 Å². The number of halogens is 1. The lowest BCUT2D eigenvalue weighted by Gasteiger charge is -2.20. The van der Waals surface area contributed by atoms with E-state index in [1.807, 2.05) is 6.07 Å². The van der Waals surface area contributed by atoms with Gasteiger partial charge in [-0.05, 0) is 51.5 Å². The van der Waals surface area contributed by atoms with E-state index < -0.39 is 4.92 Å². The molecule has 0 aliphatic heterocycles. The Morgan fingerprint density at radius 2 is 1.75 bits per heavy atom. The summed E-state index contributed by atoms with van der Waals surface area (Å²) in [7, 11) is 0. The number of nitro benzene ring substituents is 1. The Balaban J connectivity index is 2.48. The maximum absolute atomic E-state index is 10.9. The third-order valence-electron chi connectivity index (χ3n) is 3.58. The van der Waals surface area contributed by atoms with Crippen LogP contribution in [0.15, 0.2) is 45.0 Å². The molecule has 0 unspecified atom stereocenters. The molecule has 0 saturated heterocycles. The number of non-ortho nitro benzene ring substituents is 1. The van der Waals surface area contributed by atoms with Crippen LogP contribution in [0.25, 0.3) is 0 Å². The van der Waals surface area contributed by atoms with Gasteiger partial charge in [-0.25, -0.2) is 0 Å². The van der Waals surface area contributed by atoms with E-state index in [1.54, 1.807) is 19.1 Å². The van der Waals surface area contributed by atoms with E-state index in [9.17, 15) is 15.2 Å². The van der Waals surface area contributed by atoms with Crippen LogP contribution in [0.2, 0.25) is 0 Å². The summed E-state index contributed by atoms with van der Waals surface area (Å²) < 4.78 is 0.527. The number of hydrogen-bond acceptors (Lipinski definition) is 5. The molecule has 0 radical (unpaired) electrons. The monoisotopic (exact) mass is 391 g/mol. The molecule has 2 aromatic carbocycles. The number of nitrogens with zero attached hydrogens (tertiary/aromatic N) is 3. The van der Waals surface area contributed by atoms with Gasteiger partial charge in [0.05, 0.1) is 15.1 Å². The van der Waals surface area contributed by atoms with Crippen molar-refractivity contribution in [3.63, 3.8) is 0 Å². The average molecular weight is 392 g/mol. The lowest BCUT2D eigenvalue weighted by molar-refractivity contribution is -0.384. The molecule has 0 atom stereocenters. The molecule has 0 aliphatic carbocycles. The molecule has 2 aromatic rings. The largest absolute Gasteiger partial charge is 0.505 e. The van der Waals surface area contributed by atoms with Gasteiger partial charge < -0.3 is 5.11 Å². The lowest BCUT2D eigenvalue weighted by atomic mass is 9.87. The molecule has 6 nitrogen and oxygen atoms in total. The summed E-state index contributed by atoms with van der Waals surface area (Å²) in [5, 5.41) is 29.2. The SMILES string of the molecule is Cc1ccc([N+](=O)[O-])cc1N=Nc1cc(C(C)(C)C)cc(Br)c1O. The van der Waals surface area contributed by atoms with Crippen molar-refractivity contribution in [1.82, 2.24) is 0 Å². The topological polar surface area (TPSA) is 88.1 Å². The Morgan fingerprint density at radius 1 is 1.12 bits per heavy atom. The van der Waals surface area contributed by atoms with E-state index in [2.05, 4.69) is 46.9 Å². The van der Waals surface area contributed by atoms with Crippen LogP contribution in [0, 0.1) is 17.0 Å². The van der Waals surface area contributed by atoms with Gasteiger partial charge in [-0.3, -0.25) is 10.1 Å². The van der Waals surface area contributed by atoms with E-state index >= 15 is 0 Å².